The fourth-order valence-electron chi connectivity index (χ4n) is 2.92. The summed E-state index contributed by atoms with van der Waals surface area (Å²) in [6.45, 7) is 0. The fourth-order valence-corrected chi connectivity index (χ4v) is 3.22. The topological polar surface area (TPSA) is 59.2 Å². The number of aliphatic hydroxyl groups excluding tert-OH is 1. The van der Waals surface area contributed by atoms with Crippen molar-refractivity contribution in [3.8, 4) is 22.6 Å². The SMILES string of the molecule is OC(c1cccnc1)c1c(-c2ccc(Cl)cc2)noc1-c1ccc(F)c(Cl)c1. The van der Waals surface area contributed by atoms with E-state index in [4.69, 9.17) is 27.7 Å². The van der Waals surface area contributed by atoms with Gasteiger partial charge in [0, 0.05) is 34.1 Å². The molecule has 0 aliphatic carbocycles. The minimum atomic E-state index is -1.07. The van der Waals surface area contributed by atoms with Gasteiger partial charge in [-0.15, -0.1) is 0 Å². The maximum absolute atomic E-state index is 13.6. The molecule has 2 heterocycles. The van der Waals surface area contributed by atoms with Crippen molar-refractivity contribution in [1.82, 2.24) is 10.1 Å². The Hall–Kier alpha value is -2.73. The summed E-state index contributed by atoms with van der Waals surface area (Å²) >= 11 is 11.9. The molecule has 0 amide bonds. The third-order valence-corrected chi connectivity index (χ3v) is 4.84. The smallest absolute Gasteiger partial charge is 0.173 e. The fraction of sp³-hybridized carbons (Fsp3) is 0.0476. The van der Waals surface area contributed by atoms with Crippen LogP contribution in [-0.2, 0) is 0 Å². The van der Waals surface area contributed by atoms with E-state index in [0.29, 0.717) is 38.7 Å². The van der Waals surface area contributed by atoms with Crippen LogP contribution >= 0.6 is 23.2 Å². The minimum absolute atomic E-state index is 0.0521. The Morgan fingerprint density at radius 1 is 1.00 bits per heavy atom. The second-order valence-corrected chi connectivity index (χ2v) is 6.94. The van der Waals surface area contributed by atoms with E-state index in [0.717, 1.165) is 0 Å². The van der Waals surface area contributed by atoms with E-state index < -0.39 is 11.9 Å². The molecule has 1 N–H and O–H groups in total. The molecule has 4 aromatic rings. The lowest BCUT2D eigenvalue weighted by Crippen LogP contribution is -2.02. The molecule has 4 rings (SSSR count). The molecule has 0 aliphatic rings. The van der Waals surface area contributed by atoms with Crippen molar-refractivity contribution in [3.05, 3.63) is 94.0 Å². The Bertz CT molecular complexity index is 1120. The molecule has 140 valence electrons. The van der Waals surface area contributed by atoms with Crippen LogP contribution in [-0.4, -0.2) is 15.2 Å². The van der Waals surface area contributed by atoms with Crippen LogP contribution in [0.3, 0.4) is 0 Å². The first-order valence-electron chi connectivity index (χ1n) is 8.33. The molecule has 0 saturated heterocycles. The molecular weight excluding hydrogens is 402 g/mol. The zero-order valence-electron chi connectivity index (χ0n) is 14.3. The summed E-state index contributed by atoms with van der Waals surface area (Å²) in [6, 6.07) is 14.7. The highest BCUT2D eigenvalue weighted by Gasteiger charge is 2.27. The lowest BCUT2D eigenvalue weighted by molar-refractivity contribution is 0.220. The average molecular weight is 415 g/mol. The van der Waals surface area contributed by atoms with E-state index in [-0.39, 0.29) is 5.02 Å². The molecule has 1 unspecified atom stereocenters. The van der Waals surface area contributed by atoms with Crippen LogP contribution < -0.4 is 0 Å². The van der Waals surface area contributed by atoms with Crippen molar-refractivity contribution >= 4 is 23.2 Å². The largest absolute Gasteiger partial charge is 0.383 e. The van der Waals surface area contributed by atoms with Crippen LogP contribution in [0, 0.1) is 5.82 Å². The first kappa shape index (κ1) is 18.6. The monoisotopic (exact) mass is 414 g/mol. The van der Waals surface area contributed by atoms with Gasteiger partial charge in [0.1, 0.15) is 17.6 Å². The van der Waals surface area contributed by atoms with Crippen LogP contribution in [0.25, 0.3) is 22.6 Å². The Balaban J connectivity index is 1.91. The Labute approximate surface area is 170 Å². The summed E-state index contributed by atoms with van der Waals surface area (Å²) in [5.74, 6) is -0.250. The molecule has 0 fully saturated rings. The molecule has 0 bridgehead atoms. The van der Waals surface area contributed by atoms with E-state index in [1.165, 1.54) is 18.2 Å². The van der Waals surface area contributed by atoms with Crippen molar-refractivity contribution in [2.45, 2.75) is 6.10 Å². The number of pyridine rings is 1. The maximum atomic E-state index is 13.6. The van der Waals surface area contributed by atoms with E-state index in [9.17, 15) is 9.50 Å². The zero-order valence-corrected chi connectivity index (χ0v) is 15.8. The third kappa shape index (κ3) is 3.52. The second kappa shape index (κ2) is 7.72. The summed E-state index contributed by atoms with van der Waals surface area (Å²) in [5.41, 5.74) is 2.65. The quantitative estimate of drug-likeness (QED) is 0.449. The highest BCUT2D eigenvalue weighted by Crippen LogP contribution is 2.39. The summed E-state index contributed by atoms with van der Waals surface area (Å²) in [6.07, 6.45) is 2.11. The number of hydrogen-bond donors (Lipinski definition) is 1. The predicted molar refractivity (Wildman–Crippen MR) is 106 cm³/mol. The normalized spacial score (nSPS) is 12.1. The third-order valence-electron chi connectivity index (χ3n) is 4.30. The van der Waals surface area contributed by atoms with E-state index in [2.05, 4.69) is 10.1 Å². The van der Waals surface area contributed by atoms with E-state index in [1.807, 2.05) is 0 Å². The van der Waals surface area contributed by atoms with Crippen molar-refractivity contribution in [2.24, 2.45) is 0 Å². The molecule has 0 aliphatic heterocycles. The lowest BCUT2D eigenvalue weighted by atomic mass is 9.95. The van der Waals surface area contributed by atoms with Crippen molar-refractivity contribution in [3.63, 3.8) is 0 Å². The van der Waals surface area contributed by atoms with Gasteiger partial charge in [-0.25, -0.2) is 4.39 Å². The number of benzene rings is 2. The van der Waals surface area contributed by atoms with Crippen LogP contribution in [0.15, 0.2) is 71.5 Å². The number of aromatic nitrogens is 2. The lowest BCUT2D eigenvalue weighted by Gasteiger charge is -2.13. The Morgan fingerprint density at radius 3 is 2.43 bits per heavy atom. The van der Waals surface area contributed by atoms with Crippen molar-refractivity contribution in [1.29, 1.82) is 0 Å². The number of hydrogen-bond acceptors (Lipinski definition) is 4. The Kier molecular flexibility index (Phi) is 5.13. The van der Waals surface area contributed by atoms with Crippen LogP contribution in [0.5, 0.6) is 0 Å². The van der Waals surface area contributed by atoms with Gasteiger partial charge in [0.2, 0.25) is 0 Å². The highest BCUT2D eigenvalue weighted by molar-refractivity contribution is 6.31. The van der Waals surface area contributed by atoms with Crippen molar-refractivity contribution < 1.29 is 14.0 Å². The van der Waals surface area contributed by atoms with Crippen LogP contribution in [0.2, 0.25) is 10.0 Å². The predicted octanol–water partition coefficient (Wildman–Crippen LogP) is 5.93. The number of nitrogens with zero attached hydrogens (tertiary/aromatic N) is 2. The second-order valence-electron chi connectivity index (χ2n) is 6.10. The molecular formula is C21H13Cl2FN2O2. The molecule has 7 heteroatoms. The van der Waals surface area contributed by atoms with Gasteiger partial charge in [-0.2, -0.15) is 0 Å². The average Bonchev–Trinajstić information content (AvgIpc) is 3.16. The van der Waals surface area contributed by atoms with Gasteiger partial charge in [-0.3, -0.25) is 4.98 Å². The minimum Gasteiger partial charge on any atom is -0.383 e. The molecule has 0 radical (unpaired) electrons. The van der Waals surface area contributed by atoms with Crippen LogP contribution in [0.1, 0.15) is 17.2 Å². The molecule has 2 aromatic carbocycles. The number of aliphatic hydroxyl groups is 1. The maximum Gasteiger partial charge on any atom is 0.173 e. The molecule has 0 saturated carbocycles. The highest BCUT2D eigenvalue weighted by atomic mass is 35.5. The first-order valence-corrected chi connectivity index (χ1v) is 9.09. The summed E-state index contributed by atoms with van der Waals surface area (Å²) < 4.78 is 19.2. The Morgan fingerprint density at radius 2 is 1.75 bits per heavy atom. The number of rotatable bonds is 4. The van der Waals surface area contributed by atoms with Gasteiger partial charge < -0.3 is 9.63 Å². The molecule has 1 atom stereocenters. The van der Waals surface area contributed by atoms with Crippen LogP contribution in [0.4, 0.5) is 4.39 Å². The van der Waals surface area contributed by atoms with Gasteiger partial charge in [0.25, 0.3) is 0 Å². The number of halogens is 3. The molecule has 28 heavy (non-hydrogen) atoms. The van der Waals surface area contributed by atoms with E-state index >= 15 is 0 Å². The van der Waals surface area contributed by atoms with Crippen molar-refractivity contribution in [2.75, 3.05) is 0 Å². The summed E-state index contributed by atoms with van der Waals surface area (Å²) in [5, 5.41) is 15.8. The van der Waals surface area contributed by atoms with Gasteiger partial charge in [0.15, 0.2) is 5.76 Å². The van der Waals surface area contributed by atoms with Gasteiger partial charge in [-0.1, -0.05) is 46.6 Å². The molecule has 4 nitrogen and oxygen atoms in total. The first-order chi connectivity index (χ1) is 13.5. The standard InChI is InChI=1S/C21H13Cl2FN2O2/c22-15-6-3-12(4-7-15)19-18(20(27)14-2-1-9-25-11-14)21(28-26-19)13-5-8-17(24)16(23)10-13/h1-11,20,27H. The van der Waals surface area contributed by atoms with Gasteiger partial charge in [-0.05, 0) is 36.4 Å². The van der Waals surface area contributed by atoms with E-state index in [1.54, 1.807) is 48.8 Å². The summed E-state index contributed by atoms with van der Waals surface area (Å²) in [7, 11) is 0. The van der Waals surface area contributed by atoms with Gasteiger partial charge >= 0.3 is 0 Å². The molecule has 2 aromatic heterocycles. The summed E-state index contributed by atoms with van der Waals surface area (Å²) in [4.78, 5) is 4.06. The van der Waals surface area contributed by atoms with Gasteiger partial charge in [0.05, 0.1) is 10.6 Å². The zero-order chi connectivity index (χ0) is 19.7. The molecule has 0 spiro atoms.